The second-order valence-corrected chi connectivity index (χ2v) is 4.35. The van der Waals surface area contributed by atoms with Gasteiger partial charge in [-0.3, -0.25) is 0 Å². The van der Waals surface area contributed by atoms with Crippen LogP contribution in [0.5, 0.6) is 0 Å². The quantitative estimate of drug-likeness (QED) is 0.764. The Kier molecular flexibility index (Phi) is 2.95. The van der Waals surface area contributed by atoms with E-state index >= 15 is 0 Å². The Labute approximate surface area is 95.6 Å². The molecule has 1 aromatic rings. The molecule has 2 rings (SSSR count). The SMILES string of the molecule is CC1(C)OCC(c2ccccc2CC#N)O1. The highest BCUT2D eigenvalue weighted by atomic mass is 16.7. The van der Waals surface area contributed by atoms with E-state index in [0.29, 0.717) is 13.0 Å². The van der Waals surface area contributed by atoms with E-state index in [4.69, 9.17) is 14.7 Å². The second kappa shape index (κ2) is 4.25. The van der Waals surface area contributed by atoms with Gasteiger partial charge in [0, 0.05) is 0 Å². The molecule has 1 atom stereocenters. The smallest absolute Gasteiger partial charge is 0.163 e. The molecule has 84 valence electrons. The fourth-order valence-electron chi connectivity index (χ4n) is 1.93. The molecule has 1 fully saturated rings. The van der Waals surface area contributed by atoms with Crippen molar-refractivity contribution < 1.29 is 9.47 Å². The molecule has 0 radical (unpaired) electrons. The predicted molar refractivity (Wildman–Crippen MR) is 59.6 cm³/mol. The average Bonchev–Trinajstić information content (AvgIpc) is 2.60. The highest BCUT2D eigenvalue weighted by molar-refractivity contribution is 5.31. The third-order valence-electron chi connectivity index (χ3n) is 2.68. The molecule has 0 saturated carbocycles. The average molecular weight is 217 g/mol. The van der Waals surface area contributed by atoms with Crippen molar-refractivity contribution >= 4 is 0 Å². The lowest BCUT2D eigenvalue weighted by Crippen LogP contribution is -2.19. The molecular weight excluding hydrogens is 202 g/mol. The summed E-state index contributed by atoms with van der Waals surface area (Å²) in [6.45, 7) is 4.36. The maximum atomic E-state index is 8.77. The number of nitrogens with zero attached hydrogens (tertiary/aromatic N) is 1. The van der Waals surface area contributed by atoms with E-state index in [1.165, 1.54) is 0 Å². The second-order valence-electron chi connectivity index (χ2n) is 4.35. The van der Waals surface area contributed by atoms with Crippen LogP contribution in [-0.4, -0.2) is 12.4 Å². The monoisotopic (exact) mass is 217 g/mol. The van der Waals surface area contributed by atoms with Crippen LogP contribution < -0.4 is 0 Å². The molecule has 3 nitrogen and oxygen atoms in total. The van der Waals surface area contributed by atoms with Crippen LogP contribution in [0.3, 0.4) is 0 Å². The first-order chi connectivity index (χ1) is 7.62. The lowest BCUT2D eigenvalue weighted by atomic mass is 10.0. The third-order valence-corrected chi connectivity index (χ3v) is 2.68. The van der Waals surface area contributed by atoms with Gasteiger partial charge in [0.1, 0.15) is 6.10 Å². The molecule has 0 aliphatic carbocycles. The predicted octanol–water partition coefficient (Wildman–Crippen LogP) is 2.58. The van der Waals surface area contributed by atoms with Gasteiger partial charge >= 0.3 is 0 Å². The maximum Gasteiger partial charge on any atom is 0.163 e. The van der Waals surface area contributed by atoms with E-state index in [1.54, 1.807) is 0 Å². The Morgan fingerprint density at radius 1 is 1.44 bits per heavy atom. The fraction of sp³-hybridized carbons (Fsp3) is 0.462. The summed E-state index contributed by atoms with van der Waals surface area (Å²) < 4.78 is 11.3. The van der Waals surface area contributed by atoms with Gasteiger partial charge in [-0.25, -0.2) is 0 Å². The van der Waals surface area contributed by atoms with Crippen LogP contribution in [0.2, 0.25) is 0 Å². The topological polar surface area (TPSA) is 42.2 Å². The van der Waals surface area contributed by atoms with Crippen LogP contribution in [-0.2, 0) is 15.9 Å². The number of nitriles is 1. The standard InChI is InChI=1S/C13H15NO2/c1-13(2)15-9-12(16-13)11-6-4-3-5-10(11)7-8-14/h3-6,12H,7,9H2,1-2H3. The van der Waals surface area contributed by atoms with E-state index in [1.807, 2.05) is 38.1 Å². The summed E-state index contributed by atoms with van der Waals surface area (Å²) >= 11 is 0. The van der Waals surface area contributed by atoms with Gasteiger partial charge in [0.2, 0.25) is 0 Å². The number of rotatable bonds is 2. The molecule has 0 N–H and O–H groups in total. The zero-order valence-electron chi connectivity index (χ0n) is 9.56. The van der Waals surface area contributed by atoms with Crippen LogP contribution in [0.4, 0.5) is 0 Å². The molecule has 3 heteroatoms. The van der Waals surface area contributed by atoms with Crippen LogP contribution in [0.25, 0.3) is 0 Å². The van der Waals surface area contributed by atoms with Gasteiger partial charge in [-0.15, -0.1) is 0 Å². The highest BCUT2D eigenvalue weighted by Gasteiger charge is 2.34. The fourth-order valence-corrected chi connectivity index (χ4v) is 1.93. The van der Waals surface area contributed by atoms with Crippen molar-refractivity contribution in [1.29, 1.82) is 5.26 Å². The molecule has 1 heterocycles. The van der Waals surface area contributed by atoms with Gasteiger partial charge in [0.25, 0.3) is 0 Å². The van der Waals surface area contributed by atoms with Crippen LogP contribution in [0.1, 0.15) is 31.1 Å². The zero-order valence-corrected chi connectivity index (χ0v) is 9.56. The summed E-state index contributed by atoms with van der Waals surface area (Å²) in [5.41, 5.74) is 2.09. The minimum Gasteiger partial charge on any atom is -0.347 e. The van der Waals surface area contributed by atoms with Crippen molar-refractivity contribution in [3.63, 3.8) is 0 Å². The Hall–Kier alpha value is -1.37. The molecule has 1 aromatic carbocycles. The molecule has 0 aromatic heterocycles. The molecule has 0 spiro atoms. The lowest BCUT2D eigenvalue weighted by molar-refractivity contribution is -0.139. The normalized spacial score (nSPS) is 22.9. The van der Waals surface area contributed by atoms with Crippen molar-refractivity contribution in [2.24, 2.45) is 0 Å². The number of hydrogen-bond donors (Lipinski definition) is 0. The Morgan fingerprint density at radius 2 is 2.19 bits per heavy atom. The summed E-state index contributed by atoms with van der Waals surface area (Å²) in [5.74, 6) is -0.523. The molecule has 1 aliphatic rings. The van der Waals surface area contributed by atoms with Crippen molar-refractivity contribution in [3.05, 3.63) is 35.4 Å². The Bertz CT molecular complexity index is 420. The molecule has 1 saturated heterocycles. The van der Waals surface area contributed by atoms with Crippen LogP contribution in [0, 0.1) is 11.3 Å². The van der Waals surface area contributed by atoms with Gasteiger partial charge in [-0.05, 0) is 25.0 Å². The maximum absolute atomic E-state index is 8.77. The first-order valence-electron chi connectivity index (χ1n) is 5.39. The molecule has 1 aliphatic heterocycles. The Balaban J connectivity index is 2.24. The first-order valence-corrected chi connectivity index (χ1v) is 5.39. The van der Waals surface area contributed by atoms with Crippen LogP contribution in [0.15, 0.2) is 24.3 Å². The van der Waals surface area contributed by atoms with Gasteiger partial charge in [0.05, 0.1) is 19.1 Å². The molecule has 0 bridgehead atoms. The number of ether oxygens (including phenoxy) is 2. The number of hydrogen-bond acceptors (Lipinski definition) is 3. The minimum atomic E-state index is -0.523. The van der Waals surface area contributed by atoms with Gasteiger partial charge in [-0.2, -0.15) is 5.26 Å². The van der Waals surface area contributed by atoms with Crippen molar-refractivity contribution in [3.8, 4) is 6.07 Å². The van der Waals surface area contributed by atoms with Crippen molar-refractivity contribution in [1.82, 2.24) is 0 Å². The lowest BCUT2D eigenvalue weighted by Gasteiger charge is -2.18. The first kappa shape index (κ1) is 11.1. The zero-order chi connectivity index (χ0) is 11.6. The number of benzene rings is 1. The van der Waals surface area contributed by atoms with Crippen molar-refractivity contribution in [2.45, 2.75) is 32.2 Å². The van der Waals surface area contributed by atoms with Gasteiger partial charge in [-0.1, -0.05) is 24.3 Å². The van der Waals surface area contributed by atoms with Crippen molar-refractivity contribution in [2.75, 3.05) is 6.61 Å². The van der Waals surface area contributed by atoms with Crippen LogP contribution >= 0.6 is 0 Å². The molecular formula is C13H15NO2. The summed E-state index contributed by atoms with van der Waals surface area (Å²) in [6.07, 6.45) is 0.357. The third kappa shape index (κ3) is 2.24. The molecule has 1 unspecified atom stereocenters. The minimum absolute atomic E-state index is 0.0560. The summed E-state index contributed by atoms with van der Waals surface area (Å²) in [5, 5.41) is 8.77. The summed E-state index contributed by atoms with van der Waals surface area (Å²) in [4.78, 5) is 0. The summed E-state index contributed by atoms with van der Waals surface area (Å²) in [7, 11) is 0. The van der Waals surface area contributed by atoms with E-state index in [0.717, 1.165) is 11.1 Å². The molecule has 0 amide bonds. The van der Waals surface area contributed by atoms with E-state index in [2.05, 4.69) is 6.07 Å². The molecule has 16 heavy (non-hydrogen) atoms. The van der Waals surface area contributed by atoms with E-state index in [-0.39, 0.29) is 6.10 Å². The van der Waals surface area contributed by atoms with Gasteiger partial charge in [0.15, 0.2) is 5.79 Å². The van der Waals surface area contributed by atoms with E-state index < -0.39 is 5.79 Å². The Morgan fingerprint density at radius 3 is 2.81 bits per heavy atom. The van der Waals surface area contributed by atoms with E-state index in [9.17, 15) is 0 Å². The highest BCUT2D eigenvalue weighted by Crippen LogP contribution is 2.34. The largest absolute Gasteiger partial charge is 0.347 e. The van der Waals surface area contributed by atoms with Gasteiger partial charge < -0.3 is 9.47 Å². The summed E-state index contributed by atoms with van der Waals surface area (Å²) in [6, 6.07) is 10.0.